The molecule has 0 aliphatic heterocycles. The smallest absolute Gasteiger partial charge is 0.412 e. The van der Waals surface area contributed by atoms with Gasteiger partial charge in [0, 0.05) is 0 Å². The summed E-state index contributed by atoms with van der Waals surface area (Å²) in [5.74, 6) is -0.295. The van der Waals surface area contributed by atoms with Gasteiger partial charge in [0.15, 0.2) is 0 Å². The molecule has 1 aliphatic rings. The highest BCUT2D eigenvalue weighted by Crippen LogP contribution is 2.32. The highest BCUT2D eigenvalue weighted by molar-refractivity contribution is 5.86. The fraction of sp³-hybridized carbons (Fsp3) is 0.733. The third-order valence-electron chi connectivity index (χ3n) is 3.48. The molecule has 0 saturated heterocycles. The number of ether oxygens (including phenoxy) is 2. The van der Waals surface area contributed by atoms with E-state index in [4.69, 9.17) is 4.74 Å². The zero-order valence-electron chi connectivity index (χ0n) is 13.6. The number of nitrogens with zero attached hydrogens (tertiary/aromatic N) is 2. The van der Waals surface area contributed by atoms with Crippen LogP contribution in [0.1, 0.15) is 58.9 Å². The molecule has 23 heavy (non-hydrogen) atoms. The van der Waals surface area contributed by atoms with E-state index in [1.165, 1.54) is 12.6 Å². The fourth-order valence-electron chi connectivity index (χ4n) is 2.58. The van der Waals surface area contributed by atoms with E-state index in [2.05, 4.69) is 15.2 Å². The largest absolute Gasteiger partial charge is 0.444 e. The first-order valence-corrected chi connectivity index (χ1v) is 7.78. The van der Waals surface area contributed by atoms with Crippen LogP contribution in [0.15, 0.2) is 6.20 Å². The van der Waals surface area contributed by atoms with Crippen LogP contribution in [0.3, 0.4) is 0 Å². The summed E-state index contributed by atoms with van der Waals surface area (Å²) in [6.45, 7) is 2.14. The third kappa shape index (κ3) is 5.37. The number of carbonyl (C=O) groups is 1. The quantitative estimate of drug-likeness (QED) is 0.891. The molecular weight excluding hydrogens is 308 g/mol. The Bertz CT molecular complexity index is 535. The lowest BCUT2D eigenvalue weighted by molar-refractivity contribution is -0.0529. The predicted molar refractivity (Wildman–Crippen MR) is 80.8 cm³/mol. The molecule has 0 spiro atoms. The predicted octanol–water partition coefficient (Wildman–Crippen LogP) is 4.34. The van der Waals surface area contributed by atoms with E-state index < -0.39 is 18.3 Å². The number of halogens is 2. The molecule has 1 aliphatic carbocycles. The summed E-state index contributed by atoms with van der Waals surface area (Å²) in [4.78, 5) is 11.8. The average Bonchev–Trinajstić information content (AvgIpc) is 2.79. The van der Waals surface area contributed by atoms with Crippen LogP contribution >= 0.6 is 0 Å². The summed E-state index contributed by atoms with van der Waals surface area (Å²) in [5, 5.41) is 6.50. The molecule has 0 bridgehead atoms. The van der Waals surface area contributed by atoms with E-state index in [1.807, 2.05) is 0 Å². The summed E-state index contributed by atoms with van der Waals surface area (Å²) in [6.07, 6.45) is 5.97. The molecular formula is C15H23F2N3O3. The number of amides is 1. The maximum Gasteiger partial charge on any atom is 0.412 e. The van der Waals surface area contributed by atoms with Gasteiger partial charge in [0.2, 0.25) is 0 Å². The zero-order chi connectivity index (χ0) is 17.0. The van der Waals surface area contributed by atoms with Gasteiger partial charge in [-0.15, -0.1) is 5.10 Å². The molecule has 2 rings (SSSR count). The number of carbonyl (C=O) groups excluding carboxylic acids is 1. The van der Waals surface area contributed by atoms with E-state index in [-0.39, 0.29) is 17.6 Å². The molecule has 1 saturated carbocycles. The SMILES string of the molecule is CC(C)(C)OC(=O)Nc1cn(C2CCCCC2)nc1OC(F)F. The van der Waals surface area contributed by atoms with E-state index in [0.29, 0.717) is 0 Å². The van der Waals surface area contributed by atoms with Gasteiger partial charge in [-0.3, -0.25) is 10.00 Å². The van der Waals surface area contributed by atoms with E-state index in [9.17, 15) is 13.6 Å². The Morgan fingerprint density at radius 1 is 1.35 bits per heavy atom. The molecule has 0 atom stereocenters. The highest BCUT2D eigenvalue weighted by Gasteiger charge is 2.24. The van der Waals surface area contributed by atoms with E-state index in [1.54, 1.807) is 25.5 Å². The van der Waals surface area contributed by atoms with Crippen molar-refractivity contribution in [2.75, 3.05) is 5.32 Å². The zero-order valence-corrected chi connectivity index (χ0v) is 13.6. The molecule has 8 heteroatoms. The van der Waals surface area contributed by atoms with E-state index >= 15 is 0 Å². The molecule has 1 heterocycles. The lowest BCUT2D eigenvalue weighted by atomic mass is 9.96. The number of hydrogen-bond acceptors (Lipinski definition) is 4. The topological polar surface area (TPSA) is 65.4 Å². The third-order valence-corrected chi connectivity index (χ3v) is 3.48. The lowest BCUT2D eigenvalue weighted by Crippen LogP contribution is -2.27. The highest BCUT2D eigenvalue weighted by atomic mass is 19.3. The van der Waals surface area contributed by atoms with Crippen molar-refractivity contribution in [3.05, 3.63) is 6.20 Å². The van der Waals surface area contributed by atoms with Crippen LogP contribution in [0, 0.1) is 0 Å². The Morgan fingerprint density at radius 2 is 2.00 bits per heavy atom. The van der Waals surface area contributed by atoms with E-state index in [0.717, 1.165) is 25.7 Å². The van der Waals surface area contributed by atoms with Gasteiger partial charge in [0.25, 0.3) is 5.88 Å². The van der Waals surface area contributed by atoms with Crippen LogP contribution in [0.2, 0.25) is 0 Å². The Kier molecular flexibility index (Phi) is 5.43. The first kappa shape index (κ1) is 17.5. The summed E-state index contributed by atoms with van der Waals surface area (Å²) < 4.78 is 36.2. The molecule has 0 unspecified atom stereocenters. The van der Waals surface area contributed by atoms with Crippen molar-refractivity contribution in [1.82, 2.24) is 9.78 Å². The minimum Gasteiger partial charge on any atom is -0.444 e. The average molecular weight is 331 g/mol. The number of hydrogen-bond donors (Lipinski definition) is 1. The van der Waals surface area contributed by atoms with Crippen molar-refractivity contribution in [2.24, 2.45) is 0 Å². The van der Waals surface area contributed by atoms with Gasteiger partial charge in [0.1, 0.15) is 11.3 Å². The van der Waals surface area contributed by atoms with Gasteiger partial charge in [-0.05, 0) is 33.6 Å². The maximum atomic E-state index is 12.5. The molecule has 0 radical (unpaired) electrons. The standard InChI is InChI=1S/C15H23F2N3O3/c1-15(2,3)23-14(21)18-11-9-20(10-7-5-4-6-8-10)19-12(11)22-13(16)17/h9-10,13H,4-8H2,1-3H3,(H,18,21). The van der Waals surface area contributed by atoms with Crippen molar-refractivity contribution in [2.45, 2.75) is 71.1 Å². The lowest BCUT2D eigenvalue weighted by Gasteiger charge is -2.21. The number of nitrogens with one attached hydrogen (secondary N) is 1. The Balaban J connectivity index is 2.15. The second-order valence-corrected chi connectivity index (χ2v) is 6.63. The molecule has 1 aromatic heterocycles. The number of alkyl halides is 2. The molecule has 0 aromatic carbocycles. The summed E-state index contributed by atoms with van der Waals surface area (Å²) in [7, 11) is 0. The normalized spacial score (nSPS) is 16.4. The Morgan fingerprint density at radius 3 is 2.57 bits per heavy atom. The van der Waals surface area contributed by atoms with Crippen LogP contribution in [-0.4, -0.2) is 28.1 Å². The minimum atomic E-state index is -3.01. The number of rotatable bonds is 4. The number of aromatic nitrogens is 2. The molecule has 1 aromatic rings. The van der Waals surface area contributed by atoms with Crippen molar-refractivity contribution in [3.8, 4) is 5.88 Å². The van der Waals surface area contributed by atoms with Crippen molar-refractivity contribution < 1.29 is 23.0 Å². The fourth-order valence-corrected chi connectivity index (χ4v) is 2.58. The second-order valence-electron chi connectivity index (χ2n) is 6.63. The first-order valence-electron chi connectivity index (χ1n) is 7.78. The minimum absolute atomic E-state index is 0.0881. The molecule has 1 fully saturated rings. The van der Waals surface area contributed by atoms with Gasteiger partial charge in [0.05, 0.1) is 12.2 Å². The molecule has 1 amide bonds. The Labute approximate surface area is 134 Å². The summed E-state index contributed by atoms with van der Waals surface area (Å²) in [6, 6.07) is 0.137. The van der Waals surface area contributed by atoms with Gasteiger partial charge in [-0.2, -0.15) is 8.78 Å². The molecule has 6 nitrogen and oxygen atoms in total. The van der Waals surface area contributed by atoms with Crippen molar-refractivity contribution >= 4 is 11.8 Å². The van der Waals surface area contributed by atoms with Crippen LogP contribution in [0.4, 0.5) is 19.3 Å². The van der Waals surface area contributed by atoms with Crippen molar-refractivity contribution in [1.29, 1.82) is 0 Å². The van der Waals surface area contributed by atoms with Crippen molar-refractivity contribution in [3.63, 3.8) is 0 Å². The summed E-state index contributed by atoms with van der Waals surface area (Å²) in [5.41, 5.74) is -0.599. The van der Waals surface area contributed by atoms with Gasteiger partial charge < -0.3 is 9.47 Å². The maximum absolute atomic E-state index is 12.5. The molecule has 130 valence electrons. The van der Waals surface area contributed by atoms with Gasteiger partial charge in [-0.1, -0.05) is 19.3 Å². The molecule has 1 N–H and O–H groups in total. The number of anilines is 1. The van der Waals surface area contributed by atoms with Crippen LogP contribution in [0.25, 0.3) is 0 Å². The summed E-state index contributed by atoms with van der Waals surface area (Å²) >= 11 is 0. The van der Waals surface area contributed by atoms with Crippen LogP contribution < -0.4 is 10.1 Å². The Hall–Kier alpha value is -1.86. The van der Waals surface area contributed by atoms with Gasteiger partial charge >= 0.3 is 12.7 Å². The first-order chi connectivity index (χ1) is 10.7. The van der Waals surface area contributed by atoms with Crippen LogP contribution in [-0.2, 0) is 4.74 Å². The monoisotopic (exact) mass is 331 g/mol. The second kappa shape index (κ2) is 7.14. The van der Waals surface area contributed by atoms with Crippen LogP contribution in [0.5, 0.6) is 5.88 Å². The van der Waals surface area contributed by atoms with Gasteiger partial charge in [-0.25, -0.2) is 4.79 Å².